The topological polar surface area (TPSA) is 110 Å². The Morgan fingerprint density at radius 2 is 1.97 bits per heavy atom. The van der Waals surface area contributed by atoms with E-state index in [1.165, 1.54) is 17.0 Å². The molecule has 0 spiro atoms. The molecular weight excluding hydrogens is 408 g/mol. The standard InChI is InChI=1S/C21H28N2O6S/c1-12(21(2,3)4)29-19(24)15-9-10-22(20(25)26)18(15)16-11-13(23(27)28)5-8-17(16)30-14-6-7-14/h5,8,11-12,14-15,18H,6-7,9-10H2,1-4H3,(H,25,26). The molecule has 0 radical (unpaired) electrons. The zero-order valence-corrected chi connectivity index (χ0v) is 18.5. The fourth-order valence-corrected chi connectivity index (χ4v) is 4.62. The van der Waals surface area contributed by atoms with E-state index < -0.39 is 28.9 Å². The van der Waals surface area contributed by atoms with Crippen molar-refractivity contribution in [1.29, 1.82) is 0 Å². The summed E-state index contributed by atoms with van der Waals surface area (Å²) in [6.07, 6.45) is 0.942. The number of nitro benzene ring substituents is 1. The molecule has 30 heavy (non-hydrogen) atoms. The van der Waals surface area contributed by atoms with Gasteiger partial charge in [0.1, 0.15) is 6.10 Å². The van der Waals surface area contributed by atoms with Crippen LogP contribution in [0.15, 0.2) is 23.1 Å². The quantitative estimate of drug-likeness (QED) is 0.385. The summed E-state index contributed by atoms with van der Waals surface area (Å²) in [7, 11) is 0. The first-order chi connectivity index (χ1) is 14.0. The Bertz CT molecular complexity index is 848. The third-order valence-corrected chi connectivity index (χ3v) is 7.23. The summed E-state index contributed by atoms with van der Waals surface area (Å²) < 4.78 is 5.69. The number of hydrogen-bond donors (Lipinski definition) is 1. The molecule has 0 aromatic heterocycles. The molecule has 2 aliphatic rings. The van der Waals surface area contributed by atoms with Gasteiger partial charge in [-0.3, -0.25) is 14.9 Å². The van der Waals surface area contributed by atoms with Gasteiger partial charge < -0.3 is 14.7 Å². The van der Waals surface area contributed by atoms with Crippen molar-refractivity contribution in [2.75, 3.05) is 6.54 Å². The zero-order chi connectivity index (χ0) is 22.2. The number of carbonyl (C=O) groups excluding carboxylic acids is 1. The highest BCUT2D eigenvalue weighted by Crippen LogP contribution is 2.47. The van der Waals surface area contributed by atoms with Crippen LogP contribution < -0.4 is 0 Å². The fourth-order valence-electron chi connectivity index (χ4n) is 3.43. The molecule has 3 atom stereocenters. The highest BCUT2D eigenvalue weighted by Gasteiger charge is 2.45. The van der Waals surface area contributed by atoms with Crippen molar-refractivity contribution in [3.8, 4) is 0 Å². The van der Waals surface area contributed by atoms with Gasteiger partial charge >= 0.3 is 12.1 Å². The number of rotatable bonds is 6. The first-order valence-electron chi connectivity index (χ1n) is 10.1. The van der Waals surface area contributed by atoms with Crippen LogP contribution in [0.1, 0.15) is 58.6 Å². The normalized spacial score (nSPS) is 22.6. The molecule has 1 N–H and O–H groups in total. The number of ether oxygens (including phenoxy) is 1. The van der Waals surface area contributed by atoms with E-state index in [0.29, 0.717) is 17.2 Å². The van der Waals surface area contributed by atoms with Gasteiger partial charge in [-0.1, -0.05) is 20.8 Å². The smallest absolute Gasteiger partial charge is 0.407 e. The lowest BCUT2D eigenvalue weighted by atomic mass is 9.89. The summed E-state index contributed by atoms with van der Waals surface area (Å²) in [6, 6.07) is 3.73. The Labute approximate surface area is 180 Å². The lowest BCUT2D eigenvalue weighted by molar-refractivity contribution is -0.385. The minimum Gasteiger partial charge on any atom is -0.465 e. The van der Waals surface area contributed by atoms with Gasteiger partial charge in [-0.2, -0.15) is 0 Å². The van der Waals surface area contributed by atoms with E-state index in [-0.39, 0.29) is 23.8 Å². The number of amides is 1. The Kier molecular flexibility index (Phi) is 6.31. The fraction of sp³-hybridized carbons (Fsp3) is 0.619. The van der Waals surface area contributed by atoms with Crippen LogP contribution in [0.25, 0.3) is 0 Å². The van der Waals surface area contributed by atoms with Gasteiger partial charge in [-0.25, -0.2) is 4.79 Å². The predicted molar refractivity (Wildman–Crippen MR) is 113 cm³/mol. The van der Waals surface area contributed by atoms with E-state index in [1.807, 2.05) is 27.7 Å². The van der Waals surface area contributed by atoms with Crippen molar-refractivity contribution in [3.63, 3.8) is 0 Å². The van der Waals surface area contributed by atoms with Crippen LogP contribution in [-0.2, 0) is 9.53 Å². The zero-order valence-electron chi connectivity index (χ0n) is 17.7. The van der Waals surface area contributed by atoms with E-state index in [9.17, 15) is 24.8 Å². The van der Waals surface area contributed by atoms with Crippen molar-refractivity contribution in [3.05, 3.63) is 33.9 Å². The number of nitro groups is 1. The lowest BCUT2D eigenvalue weighted by Gasteiger charge is -2.31. The number of thioether (sulfide) groups is 1. The van der Waals surface area contributed by atoms with Gasteiger partial charge in [0.2, 0.25) is 0 Å². The molecule has 1 aromatic rings. The SMILES string of the molecule is CC(OC(=O)C1CCN(C(=O)O)C1c1cc([N+](=O)[O-])ccc1SC1CC1)C(C)(C)C. The Morgan fingerprint density at radius 1 is 1.30 bits per heavy atom. The number of non-ortho nitro benzene ring substituents is 1. The average Bonchev–Trinajstić information content (AvgIpc) is 3.34. The Hall–Kier alpha value is -2.29. The predicted octanol–water partition coefficient (Wildman–Crippen LogP) is 4.87. The molecule has 1 saturated heterocycles. The molecule has 3 unspecified atom stereocenters. The van der Waals surface area contributed by atoms with Gasteiger partial charge in [0.05, 0.1) is 16.9 Å². The van der Waals surface area contributed by atoms with Crippen LogP contribution >= 0.6 is 11.8 Å². The third-order valence-electron chi connectivity index (χ3n) is 5.80. The molecular formula is C21H28N2O6S. The van der Waals surface area contributed by atoms with Gasteiger partial charge in [0.15, 0.2) is 0 Å². The molecule has 2 fully saturated rings. The summed E-state index contributed by atoms with van der Waals surface area (Å²) in [5, 5.41) is 21.6. The second-order valence-corrected chi connectivity index (χ2v) is 10.4. The minimum absolute atomic E-state index is 0.113. The maximum absolute atomic E-state index is 13.0. The van der Waals surface area contributed by atoms with Crippen molar-refractivity contribution < 1.29 is 24.4 Å². The molecule has 8 nitrogen and oxygen atoms in total. The molecule has 9 heteroatoms. The van der Waals surface area contributed by atoms with Crippen LogP contribution in [-0.4, -0.2) is 44.9 Å². The Morgan fingerprint density at radius 3 is 2.50 bits per heavy atom. The van der Waals surface area contributed by atoms with Crippen molar-refractivity contribution in [1.82, 2.24) is 4.90 Å². The lowest BCUT2D eigenvalue weighted by Crippen LogP contribution is -2.36. The van der Waals surface area contributed by atoms with Gasteiger partial charge in [-0.05, 0) is 43.2 Å². The number of nitrogens with zero attached hydrogens (tertiary/aromatic N) is 2. The van der Waals surface area contributed by atoms with E-state index in [0.717, 1.165) is 17.7 Å². The van der Waals surface area contributed by atoms with E-state index in [4.69, 9.17) is 4.74 Å². The molecule has 3 rings (SSSR count). The second-order valence-electron chi connectivity index (χ2n) is 9.06. The highest BCUT2D eigenvalue weighted by atomic mass is 32.2. The first-order valence-corrected chi connectivity index (χ1v) is 11.0. The summed E-state index contributed by atoms with van der Waals surface area (Å²) in [6.45, 7) is 7.89. The van der Waals surface area contributed by atoms with Crippen molar-refractivity contribution >= 4 is 29.5 Å². The van der Waals surface area contributed by atoms with Gasteiger partial charge in [0, 0.05) is 28.8 Å². The maximum atomic E-state index is 13.0. The maximum Gasteiger partial charge on any atom is 0.407 e. The molecule has 164 valence electrons. The second kappa shape index (κ2) is 8.45. The molecule has 1 heterocycles. The van der Waals surface area contributed by atoms with Crippen LogP contribution in [0.5, 0.6) is 0 Å². The number of carbonyl (C=O) groups is 2. The largest absolute Gasteiger partial charge is 0.465 e. The molecule has 1 amide bonds. The van der Waals surface area contributed by atoms with E-state index in [1.54, 1.807) is 17.8 Å². The summed E-state index contributed by atoms with van der Waals surface area (Å²) in [5.41, 5.74) is 0.151. The van der Waals surface area contributed by atoms with Crippen LogP contribution in [0, 0.1) is 21.4 Å². The van der Waals surface area contributed by atoms with Crippen LogP contribution in [0.2, 0.25) is 0 Å². The van der Waals surface area contributed by atoms with Gasteiger partial charge in [0.25, 0.3) is 5.69 Å². The molecule has 1 saturated carbocycles. The minimum atomic E-state index is -1.15. The molecule has 0 bridgehead atoms. The number of esters is 1. The van der Waals surface area contributed by atoms with Crippen molar-refractivity contribution in [2.45, 2.75) is 69.2 Å². The number of hydrogen-bond acceptors (Lipinski definition) is 6. The molecule has 1 aliphatic carbocycles. The first kappa shape index (κ1) is 22.4. The highest BCUT2D eigenvalue weighted by molar-refractivity contribution is 8.00. The number of benzene rings is 1. The van der Waals surface area contributed by atoms with E-state index >= 15 is 0 Å². The average molecular weight is 437 g/mol. The number of carboxylic acid groups (broad SMARTS) is 1. The van der Waals surface area contributed by atoms with E-state index in [2.05, 4.69) is 0 Å². The van der Waals surface area contributed by atoms with Gasteiger partial charge in [-0.15, -0.1) is 11.8 Å². The summed E-state index contributed by atoms with van der Waals surface area (Å²) >= 11 is 1.59. The monoisotopic (exact) mass is 436 g/mol. The molecule has 1 aliphatic heterocycles. The summed E-state index contributed by atoms with van der Waals surface area (Å²) in [4.78, 5) is 37.9. The molecule has 1 aromatic carbocycles. The van der Waals surface area contributed by atoms with Crippen molar-refractivity contribution in [2.24, 2.45) is 11.3 Å². The third kappa shape index (κ3) is 4.88. The summed E-state index contributed by atoms with van der Waals surface area (Å²) in [5.74, 6) is -1.16. The Balaban J connectivity index is 1.99. The number of likely N-dealkylation sites (tertiary alicyclic amines) is 1. The van der Waals surface area contributed by atoms with Crippen LogP contribution in [0.3, 0.4) is 0 Å². The van der Waals surface area contributed by atoms with Crippen LogP contribution in [0.4, 0.5) is 10.5 Å².